The molecule has 0 aliphatic carbocycles. The maximum absolute atomic E-state index is 10.2. The minimum absolute atomic E-state index is 0.196. The van der Waals surface area contributed by atoms with Crippen LogP contribution in [0.4, 0.5) is 0 Å². The molecule has 2 atom stereocenters. The fourth-order valence-corrected chi connectivity index (χ4v) is 2.79. The van der Waals surface area contributed by atoms with Crippen molar-refractivity contribution in [2.45, 2.75) is 52.0 Å². The van der Waals surface area contributed by atoms with Crippen LogP contribution in [0, 0.1) is 0 Å². The third-order valence-electron chi connectivity index (χ3n) is 4.43. The van der Waals surface area contributed by atoms with E-state index in [4.69, 9.17) is 9.47 Å². The highest BCUT2D eigenvalue weighted by molar-refractivity contribution is 5.86. The Morgan fingerprint density at radius 3 is 1.50 bits per heavy atom. The molecule has 0 saturated carbocycles. The second-order valence-corrected chi connectivity index (χ2v) is 8.01. The average molecular weight is 393 g/mol. The van der Waals surface area contributed by atoms with E-state index in [2.05, 4.69) is 38.3 Å². The van der Waals surface area contributed by atoms with Crippen LogP contribution in [0.15, 0.2) is 36.4 Å². The molecule has 6 nitrogen and oxygen atoms in total. The van der Waals surface area contributed by atoms with Crippen molar-refractivity contribution in [1.82, 2.24) is 0 Å². The van der Waals surface area contributed by atoms with Gasteiger partial charge in [-0.2, -0.15) is 0 Å². The highest BCUT2D eigenvalue weighted by atomic mass is 16.5. The third-order valence-corrected chi connectivity index (χ3v) is 4.43. The van der Waals surface area contributed by atoms with Gasteiger partial charge in [0.05, 0.1) is 12.1 Å². The minimum atomic E-state index is -0.562. The number of aliphatic hydroxyl groups excluding tert-OH is 2. The van der Waals surface area contributed by atoms with E-state index in [1.54, 1.807) is 0 Å². The van der Waals surface area contributed by atoms with Crippen molar-refractivity contribution in [2.75, 3.05) is 26.3 Å². The first-order valence-corrected chi connectivity index (χ1v) is 10.2. The number of ether oxygens (including phenoxy) is 2. The molecule has 2 aromatic carbocycles. The predicted octanol–water partition coefficient (Wildman–Crippen LogP) is 0.263. The average Bonchev–Trinajstić information content (AvgIpc) is 2.67. The van der Waals surface area contributed by atoms with Gasteiger partial charge in [-0.15, -0.1) is 0 Å². The van der Waals surface area contributed by atoms with Crippen LogP contribution in [-0.4, -0.2) is 60.8 Å². The number of fused-ring (bicyclic) bond motifs is 1. The van der Waals surface area contributed by atoms with Crippen LogP contribution in [0.25, 0.3) is 10.8 Å². The van der Waals surface area contributed by atoms with Gasteiger partial charge in [0.1, 0.15) is 38.5 Å². The number of hydrogen-bond donors (Lipinski definition) is 4. The first-order chi connectivity index (χ1) is 13.3. The molecule has 0 amide bonds. The van der Waals surface area contributed by atoms with Crippen molar-refractivity contribution >= 4 is 10.8 Å². The molecule has 0 aliphatic heterocycles. The zero-order valence-corrected chi connectivity index (χ0v) is 17.5. The lowest BCUT2D eigenvalue weighted by molar-refractivity contribution is -0.688. The molecule has 6 heteroatoms. The number of benzene rings is 2. The molecule has 0 radical (unpaired) electrons. The van der Waals surface area contributed by atoms with Crippen LogP contribution in [-0.2, 0) is 0 Å². The number of nitrogens with two attached hydrogens (primary N) is 2. The van der Waals surface area contributed by atoms with E-state index in [0.717, 1.165) is 10.8 Å². The molecular weight excluding hydrogens is 356 g/mol. The van der Waals surface area contributed by atoms with Crippen LogP contribution < -0.4 is 20.1 Å². The summed E-state index contributed by atoms with van der Waals surface area (Å²) in [6, 6.07) is 12.7. The lowest BCUT2D eigenvalue weighted by Gasteiger charge is -2.18. The summed E-state index contributed by atoms with van der Waals surface area (Å²) in [5, 5.41) is 26.6. The Hall–Kier alpha value is -1.86. The number of rotatable bonds is 12. The van der Waals surface area contributed by atoms with Crippen molar-refractivity contribution in [3.05, 3.63) is 36.4 Å². The van der Waals surface area contributed by atoms with E-state index in [0.29, 0.717) is 36.7 Å². The van der Waals surface area contributed by atoms with Gasteiger partial charge in [-0.25, -0.2) is 0 Å². The van der Waals surface area contributed by atoms with E-state index in [9.17, 15) is 10.2 Å². The Balaban J connectivity index is 2.05. The first kappa shape index (κ1) is 22.4. The lowest BCUT2D eigenvalue weighted by Crippen LogP contribution is -2.90. The van der Waals surface area contributed by atoms with Crippen molar-refractivity contribution < 1.29 is 30.3 Å². The van der Waals surface area contributed by atoms with Crippen LogP contribution in [0.2, 0.25) is 0 Å². The molecular formula is C22H36N2O4+2. The molecule has 6 N–H and O–H groups in total. The summed E-state index contributed by atoms with van der Waals surface area (Å²) in [7, 11) is 0. The fraction of sp³-hybridized carbons (Fsp3) is 0.545. The molecule has 2 aromatic rings. The Morgan fingerprint density at radius 1 is 0.750 bits per heavy atom. The molecule has 2 rings (SSSR count). The van der Waals surface area contributed by atoms with Gasteiger partial charge in [0.15, 0.2) is 11.5 Å². The highest BCUT2D eigenvalue weighted by Crippen LogP contribution is 2.32. The van der Waals surface area contributed by atoms with Gasteiger partial charge in [-0.3, -0.25) is 0 Å². The van der Waals surface area contributed by atoms with Crippen molar-refractivity contribution in [2.24, 2.45) is 0 Å². The summed E-state index contributed by atoms with van der Waals surface area (Å²) >= 11 is 0. The van der Waals surface area contributed by atoms with E-state index >= 15 is 0 Å². The van der Waals surface area contributed by atoms with Crippen LogP contribution in [0.5, 0.6) is 11.5 Å². The SMILES string of the molecule is CC(C)[NH2+]C[C@@H](O)COc1cc2ccccc2cc1OC[C@@H](O)C[NH2+]C(C)C. The van der Waals surface area contributed by atoms with Crippen LogP contribution in [0.1, 0.15) is 27.7 Å². The maximum atomic E-state index is 10.2. The van der Waals surface area contributed by atoms with E-state index < -0.39 is 12.2 Å². The van der Waals surface area contributed by atoms with Crippen molar-refractivity contribution in [3.8, 4) is 11.5 Å². The summed E-state index contributed by atoms with van der Waals surface area (Å²) < 4.78 is 11.8. The van der Waals surface area contributed by atoms with Crippen LogP contribution >= 0.6 is 0 Å². The van der Waals surface area contributed by atoms with E-state index in [1.165, 1.54) is 0 Å². The lowest BCUT2D eigenvalue weighted by atomic mass is 10.1. The summed E-state index contributed by atoms with van der Waals surface area (Å²) in [6.45, 7) is 9.92. The second-order valence-electron chi connectivity index (χ2n) is 8.01. The van der Waals surface area contributed by atoms with Crippen molar-refractivity contribution in [3.63, 3.8) is 0 Å². The van der Waals surface area contributed by atoms with Gasteiger partial charge in [-0.05, 0) is 50.6 Å². The van der Waals surface area contributed by atoms with E-state index in [1.807, 2.05) is 36.4 Å². The molecule has 156 valence electrons. The van der Waals surface area contributed by atoms with Gasteiger partial charge in [-0.1, -0.05) is 24.3 Å². The van der Waals surface area contributed by atoms with Crippen molar-refractivity contribution in [1.29, 1.82) is 0 Å². The van der Waals surface area contributed by atoms with Gasteiger partial charge < -0.3 is 30.3 Å². The Morgan fingerprint density at radius 2 is 1.14 bits per heavy atom. The smallest absolute Gasteiger partial charge is 0.161 e. The van der Waals surface area contributed by atoms with Gasteiger partial charge in [0, 0.05) is 0 Å². The predicted molar refractivity (Wildman–Crippen MR) is 111 cm³/mol. The fourth-order valence-electron chi connectivity index (χ4n) is 2.79. The largest absolute Gasteiger partial charge is 0.487 e. The third kappa shape index (κ3) is 7.64. The zero-order chi connectivity index (χ0) is 20.5. The van der Waals surface area contributed by atoms with E-state index in [-0.39, 0.29) is 13.2 Å². The molecule has 0 aromatic heterocycles. The molecule has 0 fully saturated rings. The highest BCUT2D eigenvalue weighted by Gasteiger charge is 2.15. The summed E-state index contributed by atoms with van der Waals surface area (Å²) in [6.07, 6.45) is -1.12. The summed E-state index contributed by atoms with van der Waals surface area (Å²) in [4.78, 5) is 0. The quantitative estimate of drug-likeness (QED) is 0.417. The number of quaternary nitrogens is 2. The maximum Gasteiger partial charge on any atom is 0.161 e. The summed E-state index contributed by atoms with van der Waals surface area (Å²) in [5.41, 5.74) is 0. The Kier molecular flexibility index (Phi) is 8.99. The monoisotopic (exact) mass is 392 g/mol. The first-order valence-electron chi connectivity index (χ1n) is 10.2. The Bertz CT molecular complexity index is 660. The minimum Gasteiger partial charge on any atom is -0.487 e. The molecule has 28 heavy (non-hydrogen) atoms. The summed E-state index contributed by atoms with van der Waals surface area (Å²) in [5.74, 6) is 1.17. The number of hydrogen-bond acceptors (Lipinski definition) is 4. The Labute approximate surface area is 167 Å². The second kappa shape index (κ2) is 11.2. The molecule has 0 unspecified atom stereocenters. The molecule has 0 spiro atoms. The molecule has 0 aliphatic rings. The zero-order valence-electron chi connectivity index (χ0n) is 17.5. The number of aliphatic hydroxyl groups is 2. The van der Waals surface area contributed by atoms with Gasteiger partial charge in [0.25, 0.3) is 0 Å². The molecule has 0 bridgehead atoms. The van der Waals surface area contributed by atoms with Crippen LogP contribution in [0.3, 0.4) is 0 Å². The molecule has 0 heterocycles. The van der Waals surface area contributed by atoms with Gasteiger partial charge in [0.2, 0.25) is 0 Å². The topological polar surface area (TPSA) is 92.1 Å². The van der Waals surface area contributed by atoms with Gasteiger partial charge >= 0.3 is 0 Å². The normalized spacial score (nSPS) is 13.9. The standard InChI is InChI=1S/C22H34N2O4/c1-15(2)23-11-19(25)13-27-21-9-17-7-5-6-8-18(17)10-22(21)28-14-20(26)12-24-16(3)4/h5-10,15-16,19-20,23-26H,11-14H2,1-4H3/p+2/t19-,20+. The molecule has 0 saturated heterocycles.